The highest BCUT2D eigenvalue weighted by atomic mass is 35.5. The lowest BCUT2D eigenvalue weighted by Crippen LogP contribution is -2.41. The molecule has 0 spiro atoms. The third kappa shape index (κ3) is 2.97. The summed E-state index contributed by atoms with van der Waals surface area (Å²) in [6.07, 6.45) is 3.54. The molecule has 0 heterocycles. The molecule has 2 atom stereocenters. The van der Waals surface area contributed by atoms with E-state index in [4.69, 9.17) is 22.1 Å². The summed E-state index contributed by atoms with van der Waals surface area (Å²) in [7, 11) is 3.77. The van der Waals surface area contributed by atoms with E-state index in [9.17, 15) is 0 Å². The van der Waals surface area contributed by atoms with Gasteiger partial charge in [0.1, 0.15) is 5.75 Å². The first-order valence-electron chi connectivity index (χ1n) is 6.40. The van der Waals surface area contributed by atoms with E-state index >= 15 is 0 Å². The normalized spacial score (nSPS) is 23.6. The molecule has 1 aliphatic carbocycles. The minimum atomic E-state index is 0.298. The Kier molecular flexibility index (Phi) is 4.49. The van der Waals surface area contributed by atoms with Gasteiger partial charge in [-0.05, 0) is 37.6 Å². The van der Waals surface area contributed by atoms with Gasteiger partial charge in [-0.1, -0.05) is 24.1 Å². The van der Waals surface area contributed by atoms with E-state index < -0.39 is 0 Å². The highest BCUT2D eigenvalue weighted by Gasteiger charge is 2.27. The molecule has 0 aliphatic heterocycles. The number of hydrogen-bond donors (Lipinski definition) is 1. The second-order valence-electron chi connectivity index (χ2n) is 5.03. The molecular formula is C14H21ClN2O. The highest BCUT2D eigenvalue weighted by molar-refractivity contribution is 6.31. The molecule has 100 valence electrons. The fraction of sp³-hybridized carbons (Fsp3) is 0.571. The van der Waals surface area contributed by atoms with Gasteiger partial charge in [-0.25, -0.2) is 0 Å². The van der Waals surface area contributed by atoms with Crippen molar-refractivity contribution in [2.24, 2.45) is 5.73 Å². The first kappa shape index (κ1) is 13.7. The Balaban J connectivity index is 2.04. The van der Waals surface area contributed by atoms with Crippen LogP contribution in [0.5, 0.6) is 5.75 Å². The van der Waals surface area contributed by atoms with Gasteiger partial charge in [0.15, 0.2) is 0 Å². The second kappa shape index (κ2) is 5.91. The lowest BCUT2D eigenvalue weighted by molar-refractivity contribution is 0.220. The summed E-state index contributed by atoms with van der Waals surface area (Å²) < 4.78 is 5.15. The van der Waals surface area contributed by atoms with Crippen LogP contribution in [0, 0.1) is 0 Å². The van der Waals surface area contributed by atoms with Crippen molar-refractivity contribution in [2.75, 3.05) is 14.2 Å². The van der Waals surface area contributed by atoms with Gasteiger partial charge < -0.3 is 10.5 Å². The number of methoxy groups -OCH3 is 1. The molecule has 0 bridgehead atoms. The molecule has 0 radical (unpaired) electrons. The van der Waals surface area contributed by atoms with Crippen molar-refractivity contribution in [1.82, 2.24) is 4.90 Å². The van der Waals surface area contributed by atoms with Crippen LogP contribution in [0.4, 0.5) is 0 Å². The fourth-order valence-corrected chi connectivity index (χ4v) is 2.92. The quantitative estimate of drug-likeness (QED) is 0.912. The van der Waals surface area contributed by atoms with Gasteiger partial charge in [-0.2, -0.15) is 0 Å². The summed E-state index contributed by atoms with van der Waals surface area (Å²) >= 11 is 6.26. The van der Waals surface area contributed by atoms with Crippen molar-refractivity contribution in [3.63, 3.8) is 0 Å². The lowest BCUT2D eigenvalue weighted by atomic mass is 10.1. The Morgan fingerprint density at radius 2 is 2.22 bits per heavy atom. The zero-order valence-electron chi connectivity index (χ0n) is 11.0. The number of hydrogen-bond acceptors (Lipinski definition) is 3. The monoisotopic (exact) mass is 268 g/mol. The van der Waals surface area contributed by atoms with Crippen molar-refractivity contribution in [1.29, 1.82) is 0 Å². The lowest BCUT2D eigenvalue weighted by Gasteiger charge is -2.28. The molecule has 0 aromatic heterocycles. The number of likely N-dealkylation sites (N-methyl/N-ethyl adjacent to an activating group) is 1. The molecule has 0 amide bonds. The molecule has 1 fully saturated rings. The van der Waals surface area contributed by atoms with Crippen molar-refractivity contribution in [3.05, 3.63) is 28.8 Å². The molecule has 18 heavy (non-hydrogen) atoms. The van der Waals surface area contributed by atoms with Crippen LogP contribution in [-0.4, -0.2) is 31.1 Å². The van der Waals surface area contributed by atoms with E-state index in [1.165, 1.54) is 12.8 Å². The van der Waals surface area contributed by atoms with E-state index in [-0.39, 0.29) is 0 Å². The van der Waals surface area contributed by atoms with Gasteiger partial charge in [-0.3, -0.25) is 4.90 Å². The zero-order valence-corrected chi connectivity index (χ0v) is 11.8. The van der Waals surface area contributed by atoms with Crippen molar-refractivity contribution < 1.29 is 4.74 Å². The minimum absolute atomic E-state index is 0.298. The van der Waals surface area contributed by atoms with Crippen molar-refractivity contribution >= 4 is 11.6 Å². The van der Waals surface area contributed by atoms with E-state index in [1.54, 1.807) is 7.11 Å². The van der Waals surface area contributed by atoms with Crippen LogP contribution in [0.2, 0.25) is 5.02 Å². The SMILES string of the molecule is COc1ccc(CN(C)C2CCCC2N)c(Cl)c1. The number of rotatable bonds is 4. The van der Waals surface area contributed by atoms with Crippen molar-refractivity contribution in [3.8, 4) is 5.75 Å². The van der Waals surface area contributed by atoms with E-state index in [0.29, 0.717) is 12.1 Å². The Morgan fingerprint density at radius 1 is 1.44 bits per heavy atom. The van der Waals surface area contributed by atoms with E-state index in [0.717, 1.165) is 29.3 Å². The van der Waals surface area contributed by atoms with Gasteiger partial charge in [0, 0.05) is 23.7 Å². The number of nitrogens with zero attached hydrogens (tertiary/aromatic N) is 1. The van der Waals surface area contributed by atoms with Crippen molar-refractivity contribution in [2.45, 2.75) is 37.9 Å². The summed E-state index contributed by atoms with van der Waals surface area (Å²) in [5.74, 6) is 0.795. The Labute approximate surface area is 114 Å². The van der Waals surface area contributed by atoms with Crippen LogP contribution in [-0.2, 0) is 6.54 Å². The molecule has 1 aromatic carbocycles. The van der Waals surface area contributed by atoms with Crippen LogP contribution in [0.25, 0.3) is 0 Å². The van der Waals surface area contributed by atoms with Crippen LogP contribution >= 0.6 is 11.6 Å². The molecule has 2 unspecified atom stereocenters. The highest BCUT2D eigenvalue weighted by Crippen LogP contribution is 2.27. The summed E-state index contributed by atoms with van der Waals surface area (Å²) in [6.45, 7) is 0.835. The zero-order chi connectivity index (χ0) is 13.1. The van der Waals surface area contributed by atoms with Gasteiger partial charge >= 0.3 is 0 Å². The molecule has 1 saturated carbocycles. The third-order valence-electron chi connectivity index (χ3n) is 3.78. The van der Waals surface area contributed by atoms with Crippen LogP contribution in [0.1, 0.15) is 24.8 Å². The average Bonchev–Trinajstić information content (AvgIpc) is 2.78. The summed E-state index contributed by atoms with van der Waals surface area (Å²) in [4.78, 5) is 2.31. The Bertz CT molecular complexity index is 411. The van der Waals surface area contributed by atoms with Crippen LogP contribution < -0.4 is 10.5 Å². The molecule has 1 aliphatic rings. The predicted octanol–water partition coefficient (Wildman–Crippen LogP) is 2.66. The van der Waals surface area contributed by atoms with E-state index in [1.807, 2.05) is 18.2 Å². The Morgan fingerprint density at radius 3 is 2.78 bits per heavy atom. The Hall–Kier alpha value is -0.770. The third-order valence-corrected chi connectivity index (χ3v) is 4.13. The van der Waals surface area contributed by atoms with Gasteiger partial charge in [0.2, 0.25) is 0 Å². The molecule has 1 aromatic rings. The number of halogens is 1. The number of nitrogens with two attached hydrogens (primary N) is 1. The first-order chi connectivity index (χ1) is 8.61. The van der Waals surface area contributed by atoms with Crippen LogP contribution in [0.3, 0.4) is 0 Å². The largest absolute Gasteiger partial charge is 0.497 e. The first-order valence-corrected chi connectivity index (χ1v) is 6.78. The van der Waals surface area contributed by atoms with Crippen LogP contribution in [0.15, 0.2) is 18.2 Å². The molecular weight excluding hydrogens is 248 g/mol. The van der Waals surface area contributed by atoms with Gasteiger partial charge in [0.05, 0.1) is 7.11 Å². The number of ether oxygens (including phenoxy) is 1. The standard InChI is InChI=1S/C14H21ClN2O/c1-17(14-5-3-4-13(14)16)9-10-6-7-11(18-2)8-12(10)15/h6-8,13-14H,3-5,9,16H2,1-2H3. The predicted molar refractivity (Wildman–Crippen MR) is 75.1 cm³/mol. The summed E-state index contributed by atoms with van der Waals surface area (Å²) in [5, 5.41) is 0.757. The second-order valence-corrected chi connectivity index (χ2v) is 5.44. The molecule has 3 nitrogen and oxygen atoms in total. The van der Waals surface area contributed by atoms with E-state index in [2.05, 4.69) is 11.9 Å². The summed E-state index contributed by atoms with van der Waals surface area (Å²) in [6, 6.07) is 6.61. The molecule has 0 saturated heterocycles. The fourth-order valence-electron chi connectivity index (χ4n) is 2.69. The maximum absolute atomic E-state index is 6.26. The maximum atomic E-state index is 6.26. The number of benzene rings is 1. The molecule has 2 rings (SSSR count). The topological polar surface area (TPSA) is 38.5 Å². The smallest absolute Gasteiger partial charge is 0.120 e. The summed E-state index contributed by atoms with van der Waals surface area (Å²) in [5.41, 5.74) is 7.25. The average molecular weight is 269 g/mol. The molecule has 2 N–H and O–H groups in total. The molecule has 4 heteroatoms. The maximum Gasteiger partial charge on any atom is 0.120 e. The minimum Gasteiger partial charge on any atom is -0.497 e. The van der Waals surface area contributed by atoms with Gasteiger partial charge in [-0.15, -0.1) is 0 Å². The van der Waals surface area contributed by atoms with Gasteiger partial charge in [0.25, 0.3) is 0 Å².